The van der Waals surface area contributed by atoms with Crippen LogP contribution < -0.4 is 10.1 Å². The second-order valence-corrected chi connectivity index (χ2v) is 7.24. The third kappa shape index (κ3) is 5.08. The minimum absolute atomic E-state index is 0.00727. The highest BCUT2D eigenvalue weighted by molar-refractivity contribution is 7.14. The first kappa shape index (κ1) is 20.0. The predicted molar refractivity (Wildman–Crippen MR) is 106 cm³/mol. The van der Waals surface area contributed by atoms with E-state index in [4.69, 9.17) is 4.74 Å². The van der Waals surface area contributed by atoms with Crippen LogP contribution in [0.5, 0.6) is 5.75 Å². The number of carbonyl (C=O) groups is 2. The summed E-state index contributed by atoms with van der Waals surface area (Å²) in [5, 5.41) is 2.79. The lowest BCUT2D eigenvalue weighted by molar-refractivity contribution is -0.116. The number of rotatable bonds is 8. The van der Waals surface area contributed by atoms with Crippen molar-refractivity contribution in [2.45, 2.75) is 33.1 Å². The summed E-state index contributed by atoms with van der Waals surface area (Å²) in [6.07, 6.45) is 2.96. The summed E-state index contributed by atoms with van der Waals surface area (Å²) >= 11 is 1.54. The predicted octanol–water partition coefficient (Wildman–Crippen LogP) is 3.98. The Morgan fingerprint density at radius 2 is 1.88 bits per heavy atom. The second kappa shape index (κ2) is 9.38. The number of carbonyl (C=O) groups excluding carboxylic acids is 2. The highest BCUT2D eigenvalue weighted by atomic mass is 32.1. The number of aryl methyl sites for hydroxylation is 2. The average Bonchev–Trinajstić information content (AvgIpc) is 3.04. The number of methoxy groups -OCH3 is 1. The Kier molecular flexibility index (Phi) is 7.21. The van der Waals surface area contributed by atoms with Crippen molar-refractivity contribution in [1.29, 1.82) is 0 Å². The topological polar surface area (TPSA) is 58.6 Å². The molecule has 0 fully saturated rings. The molecule has 0 atom stereocenters. The Hall–Kier alpha value is -2.34. The Bertz CT molecular complexity index is 753. The van der Waals surface area contributed by atoms with Crippen LogP contribution in [0.15, 0.2) is 30.3 Å². The average molecular weight is 375 g/mol. The maximum atomic E-state index is 12.6. The van der Waals surface area contributed by atoms with Crippen molar-refractivity contribution in [2.24, 2.45) is 0 Å². The monoisotopic (exact) mass is 374 g/mol. The molecule has 0 spiro atoms. The molecule has 0 bridgehead atoms. The largest absolute Gasteiger partial charge is 0.497 e. The Labute approximate surface area is 159 Å². The lowest BCUT2D eigenvalue weighted by atomic mass is 10.1. The summed E-state index contributed by atoms with van der Waals surface area (Å²) in [6.45, 7) is 4.24. The number of benzene rings is 1. The smallest absolute Gasteiger partial charge is 0.264 e. The van der Waals surface area contributed by atoms with Gasteiger partial charge in [0.15, 0.2) is 0 Å². The first-order valence-corrected chi connectivity index (χ1v) is 9.61. The molecule has 0 saturated carbocycles. The van der Waals surface area contributed by atoms with Gasteiger partial charge in [-0.05, 0) is 48.7 Å². The van der Waals surface area contributed by atoms with Crippen LogP contribution in [0.25, 0.3) is 0 Å². The van der Waals surface area contributed by atoms with E-state index in [0.29, 0.717) is 10.6 Å². The van der Waals surface area contributed by atoms with Gasteiger partial charge in [0.05, 0.1) is 18.5 Å². The second-order valence-electron chi connectivity index (χ2n) is 6.10. The molecule has 0 aliphatic rings. The van der Waals surface area contributed by atoms with Crippen LogP contribution in [-0.2, 0) is 17.6 Å². The van der Waals surface area contributed by atoms with Crippen molar-refractivity contribution in [2.75, 3.05) is 26.0 Å². The lowest BCUT2D eigenvalue weighted by Gasteiger charge is -2.16. The molecule has 1 aromatic heterocycles. The van der Waals surface area contributed by atoms with Crippen LogP contribution in [0.1, 0.15) is 40.4 Å². The number of anilines is 1. The van der Waals surface area contributed by atoms with Gasteiger partial charge >= 0.3 is 0 Å². The number of amides is 2. The quantitative estimate of drug-likeness (QED) is 0.760. The van der Waals surface area contributed by atoms with Crippen LogP contribution in [0.3, 0.4) is 0 Å². The third-order valence-electron chi connectivity index (χ3n) is 4.07. The molecule has 2 rings (SSSR count). The van der Waals surface area contributed by atoms with E-state index < -0.39 is 0 Å². The summed E-state index contributed by atoms with van der Waals surface area (Å²) in [6, 6.07) is 9.05. The van der Waals surface area contributed by atoms with Gasteiger partial charge in [0.2, 0.25) is 5.91 Å². The van der Waals surface area contributed by atoms with Crippen molar-refractivity contribution in [1.82, 2.24) is 4.90 Å². The fourth-order valence-corrected chi connectivity index (χ4v) is 4.01. The van der Waals surface area contributed by atoms with Crippen molar-refractivity contribution in [3.05, 3.63) is 45.6 Å². The number of thiophene rings is 1. The van der Waals surface area contributed by atoms with Gasteiger partial charge in [0, 0.05) is 17.6 Å². The summed E-state index contributed by atoms with van der Waals surface area (Å²) in [4.78, 5) is 28.3. The van der Waals surface area contributed by atoms with Crippen LogP contribution in [0.4, 0.5) is 5.69 Å². The van der Waals surface area contributed by atoms with Crippen LogP contribution in [0, 0.1) is 0 Å². The molecule has 1 heterocycles. The summed E-state index contributed by atoms with van der Waals surface area (Å²) in [7, 11) is 3.25. The SMILES string of the molecule is CCCc1sc(C(=O)N(C)CC(=O)Nc2ccc(OC)cc2)cc1CC. The number of likely N-dealkylation sites (N-methyl/N-ethyl adjacent to an activating group) is 1. The van der Waals surface area contributed by atoms with Crippen LogP contribution in [0.2, 0.25) is 0 Å². The van der Waals surface area contributed by atoms with E-state index in [1.54, 1.807) is 49.8 Å². The van der Waals surface area contributed by atoms with Gasteiger partial charge in [0.25, 0.3) is 5.91 Å². The summed E-state index contributed by atoms with van der Waals surface area (Å²) in [5.74, 6) is 0.381. The summed E-state index contributed by atoms with van der Waals surface area (Å²) < 4.78 is 5.09. The zero-order valence-electron chi connectivity index (χ0n) is 15.8. The van der Waals surface area contributed by atoms with Crippen molar-refractivity contribution in [3.8, 4) is 5.75 Å². The molecule has 1 N–H and O–H groups in total. The van der Waals surface area contributed by atoms with Crippen molar-refractivity contribution in [3.63, 3.8) is 0 Å². The van der Waals surface area contributed by atoms with Gasteiger partial charge in [-0.2, -0.15) is 0 Å². The molecule has 26 heavy (non-hydrogen) atoms. The third-order valence-corrected chi connectivity index (χ3v) is 5.29. The minimum Gasteiger partial charge on any atom is -0.497 e. The van der Waals surface area contributed by atoms with Crippen molar-refractivity contribution < 1.29 is 14.3 Å². The maximum absolute atomic E-state index is 12.6. The van der Waals surface area contributed by atoms with E-state index in [9.17, 15) is 9.59 Å². The van der Waals surface area contributed by atoms with Gasteiger partial charge in [-0.25, -0.2) is 0 Å². The molecule has 2 amide bonds. The van der Waals surface area contributed by atoms with Gasteiger partial charge in [-0.1, -0.05) is 20.3 Å². The van der Waals surface area contributed by atoms with Crippen LogP contribution in [-0.4, -0.2) is 37.4 Å². The molecule has 0 unspecified atom stereocenters. The lowest BCUT2D eigenvalue weighted by Crippen LogP contribution is -2.34. The number of hydrogen-bond donors (Lipinski definition) is 1. The molecule has 140 valence electrons. The normalized spacial score (nSPS) is 10.5. The van der Waals surface area contributed by atoms with E-state index >= 15 is 0 Å². The van der Waals surface area contributed by atoms with Gasteiger partial charge < -0.3 is 15.0 Å². The van der Waals surface area contributed by atoms with Gasteiger partial charge in [-0.15, -0.1) is 11.3 Å². The van der Waals surface area contributed by atoms with Gasteiger partial charge in [0.1, 0.15) is 5.75 Å². The van der Waals surface area contributed by atoms with E-state index in [0.717, 1.165) is 25.0 Å². The fourth-order valence-electron chi connectivity index (χ4n) is 2.66. The molecule has 6 heteroatoms. The highest BCUT2D eigenvalue weighted by Gasteiger charge is 2.19. The number of nitrogens with one attached hydrogen (secondary N) is 1. The molecule has 2 aromatic rings. The Morgan fingerprint density at radius 3 is 2.46 bits per heavy atom. The number of nitrogens with zero attached hydrogens (tertiary/aromatic N) is 1. The Balaban J connectivity index is 1.98. The highest BCUT2D eigenvalue weighted by Crippen LogP contribution is 2.25. The minimum atomic E-state index is -0.230. The fraction of sp³-hybridized carbons (Fsp3) is 0.400. The standard InChI is InChI=1S/C20H26N2O3S/c1-5-7-17-14(6-2)12-18(26-17)20(24)22(3)13-19(23)21-15-8-10-16(25-4)11-9-15/h8-12H,5-7,13H2,1-4H3,(H,21,23). The first-order chi connectivity index (χ1) is 12.5. The molecular weight excluding hydrogens is 348 g/mol. The maximum Gasteiger partial charge on any atom is 0.264 e. The van der Waals surface area contributed by atoms with E-state index in [1.165, 1.54) is 15.3 Å². The number of ether oxygens (including phenoxy) is 1. The van der Waals surface area contributed by atoms with E-state index in [1.807, 2.05) is 6.07 Å². The van der Waals surface area contributed by atoms with E-state index in [2.05, 4.69) is 19.2 Å². The molecule has 5 nitrogen and oxygen atoms in total. The van der Waals surface area contributed by atoms with Crippen molar-refractivity contribution >= 4 is 28.8 Å². The summed E-state index contributed by atoms with van der Waals surface area (Å²) in [5.41, 5.74) is 1.91. The first-order valence-electron chi connectivity index (χ1n) is 8.79. The van der Waals surface area contributed by atoms with Crippen LogP contribution >= 0.6 is 11.3 Å². The Morgan fingerprint density at radius 1 is 1.19 bits per heavy atom. The molecule has 1 aromatic carbocycles. The van der Waals surface area contributed by atoms with E-state index in [-0.39, 0.29) is 18.4 Å². The zero-order valence-corrected chi connectivity index (χ0v) is 16.6. The number of hydrogen-bond acceptors (Lipinski definition) is 4. The zero-order chi connectivity index (χ0) is 19.1. The molecule has 0 aliphatic heterocycles. The molecular formula is C20H26N2O3S. The molecule has 0 aliphatic carbocycles. The van der Waals surface area contributed by atoms with Gasteiger partial charge in [-0.3, -0.25) is 9.59 Å². The molecule has 0 saturated heterocycles. The molecule has 0 radical (unpaired) electrons.